The van der Waals surface area contributed by atoms with E-state index in [0.717, 1.165) is 33.0 Å². The lowest BCUT2D eigenvalue weighted by atomic mass is 10.0. The largest absolute Gasteiger partial charge is 0.482 e. The van der Waals surface area contributed by atoms with E-state index in [1.165, 1.54) is 22.7 Å². The first kappa shape index (κ1) is 25.6. The number of aromatic nitrogens is 2. The van der Waals surface area contributed by atoms with E-state index in [-0.39, 0.29) is 18.0 Å². The van der Waals surface area contributed by atoms with Crippen LogP contribution in [-0.4, -0.2) is 33.6 Å². The average molecular weight is 543 g/mol. The molecule has 0 fully saturated rings. The number of pyridine rings is 1. The number of carbonyl (C=O) groups is 2. The van der Waals surface area contributed by atoms with Crippen LogP contribution in [0, 0.1) is 5.92 Å². The van der Waals surface area contributed by atoms with Crippen LogP contribution < -0.4 is 15.8 Å². The molecule has 0 radical (unpaired) electrons. The summed E-state index contributed by atoms with van der Waals surface area (Å²) in [5.74, 6) is -0.751. The normalized spacial score (nSPS) is 11.0. The van der Waals surface area contributed by atoms with Crippen molar-refractivity contribution in [2.24, 2.45) is 11.7 Å². The lowest BCUT2D eigenvalue weighted by molar-refractivity contribution is -0.119. The summed E-state index contributed by atoms with van der Waals surface area (Å²) in [7, 11) is 0. The Balaban J connectivity index is 1.67. The highest BCUT2D eigenvalue weighted by Gasteiger charge is 2.19. The van der Waals surface area contributed by atoms with Crippen molar-refractivity contribution >= 4 is 57.1 Å². The van der Waals surface area contributed by atoms with Gasteiger partial charge in [0, 0.05) is 27.1 Å². The third-order valence-electron chi connectivity index (χ3n) is 5.02. The minimum absolute atomic E-state index is 0.0575. The number of carboxylic acids is 1. The van der Waals surface area contributed by atoms with E-state index in [4.69, 9.17) is 27.1 Å². The van der Waals surface area contributed by atoms with Crippen molar-refractivity contribution in [1.82, 2.24) is 9.97 Å². The lowest BCUT2D eigenvalue weighted by Gasteiger charge is -2.09. The minimum atomic E-state index is -1.08. The topological polar surface area (TPSA) is 127 Å². The van der Waals surface area contributed by atoms with Gasteiger partial charge < -0.3 is 20.9 Å². The molecule has 4 rings (SSSR count). The number of amides is 1. The number of thiophene rings is 1. The number of nitrogens with zero attached hydrogens (tertiary/aromatic N) is 2. The van der Waals surface area contributed by atoms with E-state index in [1.807, 2.05) is 23.6 Å². The number of aromatic carboxylic acids is 1. The fourth-order valence-electron chi connectivity index (χ4n) is 3.46. The fraction of sp³-hybridized carbons (Fsp3) is 0.200. The van der Waals surface area contributed by atoms with Gasteiger partial charge in [-0.2, -0.15) is 0 Å². The number of carboxylic acid groups (broad SMARTS) is 1. The maximum Gasteiger partial charge on any atom is 0.339 e. The first-order valence-corrected chi connectivity index (χ1v) is 13.0. The second-order valence-electron chi connectivity index (χ2n) is 8.32. The van der Waals surface area contributed by atoms with Crippen molar-refractivity contribution in [3.63, 3.8) is 0 Å². The second kappa shape index (κ2) is 11.1. The van der Waals surface area contributed by atoms with Gasteiger partial charge in [-0.15, -0.1) is 22.7 Å². The molecule has 0 spiro atoms. The van der Waals surface area contributed by atoms with Crippen molar-refractivity contribution < 1.29 is 19.4 Å². The van der Waals surface area contributed by atoms with Gasteiger partial charge in [-0.25, -0.2) is 14.8 Å². The number of hydrogen-bond acceptors (Lipinski definition) is 8. The third kappa shape index (κ3) is 6.01. The van der Waals surface area contributed by atoms with Gasteiger partial charge >= 0.3 is 5.97 Å². The van der Waals surface area contributed by atoms with E-state index >= 15 is 0 Å². The first-order valence-electron chi connectivity index (χ1n) is 11.0. The van der Waals surface area contributed by atoms with E-state index in [1.54, 1.807) is 24.4 Å². The van der Waals surface area contributed by atoms with Gasteiger partial charge in [0.25, 0.3) is 5.91 Å². The summed E-state index contributed by atoms with van der Waals surface area (Å²) in [5.41, 5.74) is 7.43. The van der Waals surface area contributed by atoms with Crippen molar-refractivity contribution in [3.8, 4) is 27.4 Å². The molecule has 36 heavy (non-hydrogen) atoms. The molecule has 0 atom stereocenters. The summed E-state index contributed by atoms with van der Waals surface area (Å²) in [5, 5.41) is 15.7. The lowest BCUT2D eigenvalue weighted by Crippen LogP contribution is -2.20. The molecule has 8 nitrogen and oxygen atoms in total. The van der Waals surface area contributed by atoms with Crippen LogP contribution in [0.5, 0.6) is 5.75 Å². The molecule has 0 bridgehead atoms. The van der Waals surface area contributed by atoms with Crippen molar-refractivity contribution in [2.45, 2.75) is 20.3 Å². The summed E-state index contributed by atoms with van der Waals surface area (Å²) < 4.78 is 5.34. The highest BCUT2D eigenvalue weighted by molar-refractivity contribution is 7.16. The molecule has 1 aromatic carbocycles. The average Bonchev–Trinajstić information content (AvgIpc) is 3.48. The highest BCUT2D eigenvalue weighted by Crippen LogP contribution is 2.38. The summed E-state index contributed by atoms with van der Waals surface area (Å²) >= 11 is 9.33. The molecule has 0 saturated heterocycles. The Labute approximate surface area is 220 Å². The molecule has 0 saturated carbocycles. The number of hydrogen-bond donors (Lipinski definition) is 3. The molecule has 0 aliphatic carbocycles. The minimum Gasteiger partial charge on any atom is -0.482 e. The number of rotatable bonds is 10. The zero-order valence-corrected chi connectivity index (χ0v) is 21.8. The summed E-state index contributed by atoms with van der Waals surface area (Å²) in [6.45, 7) is 3.95. The van der Waals surface area contributed by atoms with Crippen LogP contribution in [0.25, 0.3) is 21.7 Å². The molecule has 186 valence electrons. The summed E-state index contributed by atoms with van der Waals surface area (Å²) in [6.07, 6.45) is 2.41. The van der Waals surface area contributed by atoms with Gasteiger partial charge in [-0.05, 0) is 48.1 Å². The van der Waals surface area contributed by atoms with Crippen LogP contribution in [0.1, 0.15) is 29.1 Å². The van der Waals surface area contributed by atoms with Gasteiger partial charge in [-0.1, -0.05) is 31.5 Å². The summed E-state index contributed by atoms with van der Waals surface area (Å²) in [6, 6.07) is 10.6. The Bertz CT molecular complexity index is 1400. The number of nitrogens with two attached hydrogens (primary N) is 1. The Morgan fingerprint density at radius 3 is 2.67 bits per heavy atom. The standard InChI is InChI=1S/C25H23ClN4O4S2/c1-13(2)8-20-22(14-5-6-18(17(26)10-14)34-12-21(27)31)29-25(36-20)30-23-16(24(32)33)9-15(11-28-23)19-4-3-7-35-19/h3-7,9-11,13H,8,12H2,1-2H3,(H2,27,31)(H,32,33)(H,28,29,30). The monoisotopic (exact) mass is 542 g/mol. The third-order valence-corrected chi connectivity index (χ3v) is 7.22. The predicted octanol–water partition coefficient (Wildman–Crippen LogP) is 6.09. The van der Waals surface area contributed by atoms with Gasteiger partial charge in [0.15, 0.2) is 11.7 Å². The second-order valence-corrected chi connectivity index (χ2v) is 10.8. The molecule has 0 aliphatic heterocycles. The number of thiazole rings is 1. The van der Waals surface area contributed by atoms with E-state index < -0.39 is 11.9 Å². The van der Waals surface area contributed by atoms with Crippen LogP contribution >= 0.6 is 34.3 Å². The smallest absolute Gasteiger partial charge is 0.339 e. The SMILES string of the molecule is CC(C)Cc1sc(Nc2ncc(-c3cccs3)cc2C(=O)O)nc1-c1ccc(OCC(N)=O)c(Cl)c1. The molecule has 4 aromatic rings. The first-order chi connectivity index (χ1) is 17.2. The Kier molecular flexibility index (Phi) is 7.88. The molecule has 4 N–H and O–H groups in total. The Morgan fingerprint density at radius 2 is 2.03 bits per heavy atom. The molecule has 0 aliphatic rings. The maximum atomic E-state index is 12.0. The highest BCUT2D eigenvalue weighted by atomic mass is 35.5. The van der Waals surface area contributed by atoms with Crippen LogP contribution in [0.15, 0.2) is 48.0 Å². The Morgan fingerprint density at radius 1 is 1.22 bits per heavy atom. The number of benzene rings is 1. The quantitative estimate of drug-likeness (QED) is 0.221. The van der Waals surface area contributed by atoms with E-state index in [0.29, 0.717) is 21.8 Å². The van der Waals surface area contributed by atoms with E-state index in [2.05, 4.69) is 24.1 Å². The van der Waals surface area contributed by atoms with Crippen molar-refractivity contribution in [2.75, 3.05) is 11.9 Å². The number of ether oxygens (including phenoxy) is 1. The summed E-state index contributed by atoms with van der Waals surface area (Å²) in [4.78, 5) is 34.1. The predicted molar refractivity (Wildman–Crippen MR) is 144 cm³/mol. The maximum absolute atomic E-state index is 12.0. The van der Waals surface area contributed by atoms with Gasteiger partial charge in [0.1, 0.15) is 17.1 Å². The zero-order chi connectivity index (χ0) is 25.8. The van der Waals surface area contributed by atoms with Gasteiger partial charge in [0.2, 0.25) is 0 Å². The molecular weight excluding hydrogens is 520 g/mol. The molecule has 0 unspecified atom stereocenters. The molecular formula is C25H23ClN4O4S2. The molecule has 1 amide bonds. The number of halogens is 1. The number of carbonyl (C=O) groups excluding carboxylic acids is 1. The van der Waals surface area contributed by atoms with E-state index in [9.17, 15) is 14.7 Å². The number of nitrogens with one attached hydrogen (secondary N) is 1. The molecule has 3 aromatic heterocycles. The molecule has 3 heterocycles. The fourth-order valence-corrected chi connectivity index (χ4v) is 5.60. The zero-order valence-electron chi connectivity index (χ0n) is 19.4. The number of primary amides is 1. The van der Waals surface area contributed by atoms with Crippen LogP contribution in [0.4, 0.5) is 10.9 Å². The Hall–Kier alpha value is -3.47. The van der Waals surface area contributed by atoms with Crippen LogP contribution in [-0.2, 0) is 11.2 Å². The van der Waals surface area contributed by atoms with Crippen molar-refractivity contribution in [3.05, 3.63) is 63.4 Å². The number of anilines is 2. The van der Waals surface area contributed by atoms with Gasteiger partial charge in [-0.3, -0.25) is 4.79 Å². The molecule has 11 heteroatoms. The van der Waals surface area contributed by atoms with Crippen LogP contribution in [0.2, 0.25) is 5.02 Å². The van der Waals surface area contributed by atoms with Gasteiger partial charge in [0.05, 0.1) is 10.7 Å². The van der Waals surface area contributed by atoms with Crippen molar-refractivity contribution in [1.29, 1.82) is 0 Å². The van der Waals surface area contributed by atoms with Crippen LogP contribution in [0.3, 0.4) is 0 Å².